The number of carbonyl (C=O) groups excluding carboxylic acids is 1. The van der Waals surface area contributed by atoms with Crippen LogP contribution in [0.5, 0.6) is 11.5 Å². The van der Waals surface area contributed by atoms with Gasteiger partial charge in [-0.05, 0) is 64.3 Å². The van der Waals surface area contributed by atoms with E-state index in [4.69, 9.17) is 9.47 Å². The Morgan fingerprint density at radius 3 is 2.54 bits per heavy atom. The van der Waals surface area contributed by atoms with Gasteiger partial charge in [0.25, 0.3) is 5.91 Å². The molecule has 1 aliphatic heterocycles. The fourth-order valence-corrected chi connectivity index (χ4v) is 3.76. The minimum Gasteiger partial charge on any atom is -0.487 e. The van der Waals surface area contributed by atoms with E-state index in [9.17, 15) is 4.79 Å². The van der Waals surface area contributed by atoms with Crippen molar-refractivity contribution in [2.45, 2.75) is 72.1 Å². The molecule has 3 rings (SSSR count). The molecule has 1 heterocycles. The summed E-state index contributed by atoms with van der Waals surface area (Å²) >= 11 is 0. The summed E-state index contributed by atoms with van der Waals surface area (Å²) in [5.41, 5.74) is 4.05. The molecule has 0 radical (unpaired) electrons. The lowest BCUT2D eigenvalue weighted by Crippen LogP contribution is -2.45. The van der Waals surface area contributed by atoms with E-state index < -0.39 is 6.10 Å². The van der Waals surface area contributed by atoms with E-state index in [1.54, 1.807) is 0 Å². The third-order valence-electron chi connectivity index (χ3n) is 5.21. The van der Waals surface area contributed by atoms with E-state index in [2.05, 4.69) is 37.4 Å². The van der Waals surface area contributed by atoms with Gasteiger partial charge < -0.3 is 14.8 Å². The van der Waals surface area contributed by atoms with Crippen LogP contribution in [-0.2, 0) is 4.79 Å². The molecular weight excluding hydrogens is 350 g/mol. The van der Waals surface area contributed by atoms with Crippen molar-refractivity contribution >= 4 is 5.91 Å². The van der Waals surface area contributed by atoms with Gasteiger partial charge in [-0.2, -0.15) is 0 Å². The second-order valence-electron chi connectivity index (χ2n) is 8.45. The van der Waals surface area contributed by atoms with Crippen molar-refractivity contribution in [1.82, 2.24) is 5.32 Å². The molecule has 2 aromatic carbocycles. The second kappa shape index (κ2) is 7.86. The summed E-state index contributed by atoms with van der Waals surface area (Å²) in [6, 6.07) is 12.1. The molecule has 0 aromatic heterocycles. The van der Waals surface area contributed by atoms with Gasteiger partial charge in [-0.3, -0.25) is 4.79 Å². The van der Waals surface area contributed by atoms with Crippen molar-refractivity contribution in [3.8, 4) is 11.5 Å². The molecule has 150 valence electrons. The minimum atomic E-state index is -0.527. The smallest absolute Gasteiger partial charge is 0.261 e. The first kappa shape index (κ1) is 20.2. The lowest BCUT2D eigenvalue weighted by molar-refractivity contribution is -0.129. The maximum absolute atomic E-state index is 13.0. The van der Waals surface area contributed by atoms with Crippen LogP contribution in [-0.4, -0.2) is 17.6 Å². The summed E-state index contributed by atoms with van der Waals surface area (Å²) in [7, 11) is 0. The number of aryl methyl sites for hydroxylation is 3. The van der Waals surface area contributed by atoms with Gasteiger partial charge in [0.05, 0.1) is 6.04 Å². The topological polar surface area (TPSA) is 47.6 Å². The highest BCUT2D eigenvalue weighted by atomic mass is 16.5. The monoisotopic (exact) mass is 381 g/mol. The predicted octanol–water partition coefficient (Wildman–Crippen LogP) is 5.19. The maximum Gasteiger partial charge on any atom is 0.261 e. The molecule has 0 saturated heterocycles. The summed E-state index contributed by atoms with van der Waals surface area (Å²) < 4.78 is 12.2. The highest BCUT2D eigenvalue weighted by Gasteiger charge is 2.35. The molecule has 2 aromatic rings. The molecule has 0 aliphatic carbocycles. The van der Waals surface area contributed by atoms with E-state index in [0.29, 0.717) is 6.42 Å². The Morgan fingerprint density at radius 2 is 1.86 bits per heavy atom. The lowest BCUT2D eigenvalue weighted by atomic mass is 9.89. The van der Waals surface area contributed by atoms with Crippen LogP contribution in [0.15, 0.2) is 36.4 Å². The maximum atomic E-state index is 13.0. The molecule has 0 unspecified atom stereocenters. The number of carbonyl (C=O) groups is 1. The molecule has 0 fully saturated rings. The Hall–Kier alpha value is -2.49. The zero-order valence-electron chi connectivity index (χ0n) is 17.8. The van der Waals surface area contributed by atoms with Gasteiger partial charge >= 0.3 is 0 Å². The van der Waals surface area contributed by atoms with Gasteiger partial charge in [-0.1, -0.05) is 36.8 Å². The van der Waals surface area contributed by atoms with Crippen molar-refractivity contribution in [2.24, 2.45) is 0 Å². The molecule has 1 aliphatic rings. The van der Waals surface area contributed by atoms with E-state index in [1.165, 1.54) is 5.56 Å². The molecule has 1 amide bonds. The van der Waals surface area contributed by atoms with Crippen LogP contribution >= 0.6 is 0 Å². The molecule has 4 heteroatoms. The molecule has 2 atom stereocenters. The quantitative estimate of drug-likeness (QED) is 0.775. The van der Waals surface area contributed by atoms with Gasteiger partial charge in [-0.15, -0.1) is 0 Å². The largest absolute Gasteiger partial charge is 0.487 e. The fourth-order valence-electron chi connectivity index (χ4n) is 3.76. The van der Waals surface area contributed by atoms with Crippen molar-refractivity contribution in [3.63, 3.8) is 0 Å². The van der Waals surface area contributed by atoms with Crippen molar-refractivity contribution < 1.29 is 14.3 Å². The third-order valence-corrected chi connectivity index (χ3v) is 5.21. The van der Waals surface area contributed by atoms with E-state index in [0.717, 1.165) is 34.6 Å². The highest BCUT2D eigenvalue weighted by molar-refractivity contribution is 5.81. The Kier molecular flexibility index (Phi) is 5.69. The van der Waals surface area contributed by atoms with Crippen LogP contribution in [0.3, 0.4) is 0 Å². The van der Waals surface area contributed by atoms with Crippen molar-refractivity contribution in [1.29, 1.82) is 0 Å². The van der Waals surface area contributed by atoms with Crippen LogP contribution in [0.2, 0.25) is 0 Å². The summed E-state index contributed by atoms with van der Waals surface area (Å²) in [6.07, 6.45) is 0.794. The Bertz CT molecular complexity index is 872. The van der Waals surface area contributed by atoms with Crippen molar-refractivity contribution in [2.75, 3.05) is 0 Å². The average molecular weight is 382 g/mol. The average Bonchev–Trinajstić information content (AvgIpc) is 2.59. The first-order valence-corrected chi connectivity index (χ1v) is 10.0. The minimum absolute atomic E-state index is 0.0864. The van der Waals surface area contributed by atoms with Crippen LogP contribution < -0.4 is 14.8 Å². The van der Waals surface area contributed by atoms with Crippen LogP contribution in [0.25, 0.3) is 0 Å². The zero-order chi connectivity index (χ0) is 20.5. The van der Waals surface area contributed by atoms with Crippen LogP contribution in [0, 0.1) is 20.8 Å². The molecule has 28 heavy (non-hydrogen) atoms. The van der Waals surface area contributed by atoms with E-state index in [-0.39, 0.29) is 17.6 Å². The number of rotatable bonds is 5. The van der Waals surface area contributed by atoms with Crippen molar-refractivity contribution in [3.05, 3.63) is 58.7 Å². The van der Waals surface area contributed by atoms with Gasteiger partial charge in [-0.25, -0.2) is 0 Å². The first-order valence-electron chi connectivity index (χ1n) is 10.0. The molecular formula is C24H31NO3. The molecule has 0 spiro atoms. The van der Waals surface area contributed by atoms with Gasteiger partial charge in [0.2, 0.25) is 0 Å². The number of ether oxygens (including phenoxy) is 2. The Morgan fingerprint density at radius 1 is 1.18 bits per heavy atom. The fraction of sp³-hybridized carbons (Fsp3) is 0.458. The number of benzene rings is 2. The lowest BCUT2D eigenvalue weighted by Gasteiger charge is -2.38. The first-order chi connectivity index (χ1) is 13.2. The molecule has 1 N–H and O–H groups in total. The van der Waals surface area contributed by atoms with Gasteiger partial charge in [0.1, 0.15) is 17.1 Å². The van der Waals surface area contributed by atoms with Gasteiger partial charge in [0.15, 0.2) is 6.10 Å². The summed E-state index contributed by atoms with van der Waals surface area (Å²) in [5.74, 6) is 1.53. The van der Waals surface area contributed by atoms with Crippen LogP contribution in [0.1, 0.15) is 61.9 Å². The Labute approximate surface area is 168 Å². The predicted molar refractivity (Wildman–Crippen MR) is 112 cm³/mol. The second-order valence-corrected chi connectivity index (χ2v) is 8.45. The van der Waals surface area contributed by atoms with Gasteiger partial charge in [0, 0.05) is 12.0 Å². The molecule has 0 saturated carbocycles. The number of hydrogen-bond acceptors (Lipinski definition) is 3. The molecule has 0 bridgehead atoms. The highest BCUT2D eigenvalue weighted by Crippen LogP contribution is 2.40. The number of nitrogens with one attached hydrogen (secondary N) is 1. The standard InChI is InChI=1S/C24H31NO3/c1-7-20(27-21-11-9-15(2)12-17(21)4)23(26)25-19-14-24(5,6)28-22-13-16(3)8-10-18(19)22/h8-13,19-20H,7,14H2,1-6H3,(H,25,26)/t19-,20+/m1/s1. The molecule has 4 nitrogen and oxygen atoms in total. The van der Waals surface area contributed by atoms with Crippen LogP contribution in [0.4, 0.5) is 0 Å². The summed E-state index contributed by atoms with van der Waals surface area (Å²) in [4.78, 5) is 13.0. The zero-order valence-corrected chi connectivity index (χ0v) is 17.8. The third kappa shape index (κ3) is 4.49. The number of fused-ring (bicyclic) bond motifs is 1. The van der Waals surface area contributed by atoms with E-state index >= 15 is 0 Å². The number of amides is 1. The SMILES string of the molecule is CC[C@H](Oc1ccc(C)cc1C)C(=O)N[C@@H]1CC(C)(C)Oc2cc(C)ccc21. The summed E-state index contributed by atoms with van der Waals surface area (Å²) in [5, 5.41) is 3.21. The number of hydrogen-bond donors (Lipinski definition) is 1. The van der Waals surface area contributed by atoms with E-state index in [1.807, 2.05) is 45.9 Å². The summed E-state index contributed by atoms with van der Waals surface area (Å²) in [6.45, 7) is 12.2. The Balaban J connectivity index is 1.79. The normalized spacial score (nSPS) is 18.6.